The summed E-state index contributed by atoms with van der Waals surface area (Å²) in [5.41, 5.74) is 2.51. The number of hydrogen-bond donors (Lipinski definition) is 2. The molecule has 0 fully saturated rings. The molecule has 0 aliphatic carbocycles. The molecule has 2 N–H and O–H groups in total. The first-order valence-corrected chi connectivity index (χ1v) is 11.7. The molecule has 0 spiro atoms. The number of carbonyl (C=O) groups excluding carboxylic acids is 4. The fourth-order valence-corrected chi connectivity index (χ4v) is 3.57. The molecule has 2 aromatic carbocycles. The van der Waals surface area contributed by atoms with Gasteiger partial charge >= 0.3 is 12.1 Å². The van der Waals surface area contributed by atoms with E-state index < -0.39 is 12.1 Å². The van der Waals surface area contributed by atoms with Crippen LogP contribution in [-0.4, -0.2) is 68.0 Å². The van der Waals surface area contributed by atoms with Gasteiger partial charge in [0.2, 0.25) is 5.91 Å². The van der Waals surface area contributed by atoms with Gasteiger partial charge in [-0.25, -0.2) is 4.79 Å². The highest BCUT2D eigenvalue weighted by Gasteiger charge is 2.30. The molecule has 0 radical (unpaired) electrons. The lowest BCUT2D eigenvalue weighted by molar-refractivity contribution is -0.143. The number of alkyl carbamates (subject to hydrolysis) is 1. The molecule has 0 saturated heterocycles. The number of ether oxygens (including phenoxy) is 2. The number of likely N-dealkylation sites (N-methyl/N-ethyl adjacent to an activating group) is 1. The maximum Gasteiger partial charge on any atom is 0.412 e. The smallest absolute Gasteiger partial charge is 0.412 e. The second kappa shape index (κ2) is 12.4. The molecule has 10 heteroatoms. The molecule has 37 heavy (non-hydrogen) atoms. The molecular weight excluding hydrogens is 476 g/mol. The summed E-state index contributed by atoms with van der Waals surface area (Å²) in [6.07, 6.45) is -0.699. The number of benzene rings is 2. The Morgan fingerprint density at radius 1 is 1.00 bits per heavy atom. The third-order valence-electron chi connectivity index (χ3n) is 5.49. The minimum absolute atomic E-state index is 0.00578. The summed E-state index contributed by atoms with van der Waals surface area (Å²) in [5, 5.41) is 10.3. The summed E-state index contributed by atoms with van der Waals surface area (Å²) >= 11 is 0. The monoisotopic (exact) mass is 504 g/mol. The Balaban J connectivity index is 1.78. The van der Waals surface area contributed by atoms with Crippen LogP contribution >= 0.6 is 0 Å². The third kappa shape index (κ3) is 6.95. The van der Waals surface area contributed by atoms with Crippen LogP contribution in [0, 0.1) is 17.3 Å². The minimum Gasteiger partial charge on any atom is -0.466 e. The van der Waals surface area contributed by atoms with Gasteiger partial charge < -0.3 is 19.3 Å². The van der Waals surface area contributed by atoms with Gasteiger partial charge in [-0.15, -0.1) is 0 Å². The molecule has 1 heterocycles. The van der Waals surface area contributed by atoms with Crippen molar-refractivity contribution in [3.8, 4) is 11.8 Å². The van der Waals surface area contributed by atoms with Crippen LogP contribution in [0.5, 0.6) is 0 Å². The number of nitrogens with zero attached hydrogens (tertiary/aromatic N) is 2. The van der Waals surface area contributed by atoms with Gasteiger partial charge in [0.25, 0.3) is 5.91 Å². The normalized spacial score (nSPS) is 12.6. The van der Waals surface area contributed by atoms with Crippen LogP contribution < -0.4 is 10.2 Å². The Morgan fingerprint density at radius 2 is 1.65 bits per heavy atom. The van der Waals surface area contributed by atoms with Crippen LogP contribution in [0.15, 0.2) is 42.5 Å². The Labute approximate surface area is 215 Å². The van der Waals surface area contributed by atoms with Crippen molar-refractivity contribution in [3.05, 3.63) is 64.7 Å². The summed E-state index contributed by atoms with van der Waals surface area (Å²) in [4.78, 5) is 51.9. The number of hydrogen-bond acceptors (Lipinski definition) is 7. The van der Waals surface area contributed by atoms with Crippen LogP contribution in [0.4, 0.5) is 10.5 Å². The largest absolute Gasteiger partial charge is 0.466 e. The van der Waals surface area contributed by atoms with Crippen LogP contribution in [0.3, 0.4) is 0 Å². The highest BCUT2D eigenvalue weighted by atomic mass is 16.5. The van der Waals surface area contributed by atoms with Gasteiger partial charge in [-0.05, 0) is 44.2 Å². The lowest BCUT2D eigenvalue weighted by Gasteiger charge is -2.19. The van der Waals surface area contributed by atoms with Gasteiger partial charge in [0.1, 0.15) is 12.4 Å². The van der Waals surface area contributed by atoms with Crippen LogP contribution in [0.2, 0.25) is 0 Å². The SMILES string of the molecule is CCOC(=O)CCN1CC(=O)N(C)c2ccc(C#Cc3ccc(C(=N)NC(=O)OCC)cc3)cc2C1=O. The van der Waals surface area contributed by atoms with E-state index in [1.807, 2.05) is 0 Å². The lowest BCUT2D eigenvalue weighted by atomic mass is 10.1. The first kappa shape index (κ1) is 26.9. The standard InChI is InChI=1S/C27H28N4O6/c1-4-36-24(33)14-15-31-17-23(32)30(3)22-13-10-19(16-21(22)26(31)34)7-6-18-8-11-20(12-9-18)25(28)29-27(35)37-5-2/h8-13,16H,4-5,14-15,17H2,1-3H3,(H2,28,29,35). The maximum atomic E-state index is 13.2. The topological polar surface area (TPSA) is 129 Å². The Kier molecular flexibility index (Phi) is 9.00. The highest BCUT2D eigenvalue weighted by molar-refractivity contribution is 6.09. The number of nitrogens with one attached hydrogen (secondary N) is 2. The Morgan fingerprint density at radius 3 is 2.32 bits per heavy atom. The molecule has 0 saturated carbocycles. The van der Waals surface area contributed by atoms with E-state index in [2.05, 4.69) is 17.2 Å². The zero-order valence-electron chi connectivity index (χ0n) is 20.9. The van der Waals surface area contributed by atoms with Crippen molar-refractivity contribution in [2.24, 2.45) is 0 Å². The number of fused-ring (bicyclic) bond motifs is 1. The average molecular weight is 505 g/mol. The van der Waals surface area contributed by atoms with E-state index in [1.54, 1.807) is 63.4 Å². The number of anilines is 1. The fraction of sp³-hybridized carbons (Fsp3) is 0.296. The van der Waals surface area contributed by atoms with Crippen LogP contribution in [0.1, 0.15) is 47.3 Å². The van der Waals surface area contributed by atoms with Gasteiger partial charge in [0.05, 0.1) is 30.9 Å². The summed E-state index contributed by atoms with van der Waals surface area (Å²) in [7, 11) is 1.60. The number of amidine groups is 1. The quantitative estimate of drug-likeness (QED) is 0.269. The van der Waals surface area contributed by atoms with E-state index >= 15 is 0 Å². The molecule has 3 amide bonds. The van der Waals surface area contributed by atoms with Gasteiger partial charge in [-0.3, -0.25) is 25.1 Å². The summed E-state index contributed by atoms with van der Waals surface area (Å²) in [6, 6.07) is 11.8. The second-order valence-electron chi connectivity index (χ2n) is 8.01. The first-order chi connectivity index (χ1) is 17.7. The van der Waals surface area contributed by atoms with Crippen molar-refractivity contribution < 1.29 is 28.7 Å². The first-order valence-electron chi connectivity index (χ1n) is 11.7. The molecule has 0 aromatic heterocycles. The molecule has 0 atom stereocenters. The lowest BCUT2D eigenvalue weighted by Crippen LogP contribution is -2.39. The maximum absolute atomic E-state index is 13.2. The third-order valence-corrected chi connectivity index (χ3v) is 5.49. The van der Waals surface area contributed by atoms with Crippen LogP contribution in [-0.2, 0) is 19.1 Å². The predicted octanol–water partition coefficient (Wildman–Crippen LogP) is 2.53. The molecule has 0 unspecified atom stereocenters. The van der Waals surface area contributed by atoms with E-state index in [4.69, 9.17) is 14.9 Å². The van der Waals surface area contributed by atoms with Crippen LogP contribution in [0.25, 0.3) is 0 Å². The molecule has 10 nitrogen and oxygen atoms in total. The van der Waals surface area contributed by atoms with Crippen molar-refractivity contribution >= 4 is 35.4 Å². The van der Waals surface area contributed by atoms with E-state index in [0.717, 1.165) is 0 Å². The Hall–Kier alpha value is -4.65. The number of rotatable bonds is 6. The van der Waals surface area contributed by atoms with Crippen molar-refractivity contribution in [2.75, 3.05) is 38.3 Å². The van der Waals surface area contributed by atoms with Crippen molar-refractivity contribution in [2.45, 2.75) is 20.3 Å². The molecular formula is C27H28N4O6. The fourth-order valence-electron chi connectivity index (χ4n) is 3.57. The number of esters is 1. The van der Waals surface area contributed by atoms with Crippen molar-refractivity contribution in [3.63, 3.8) is 0 Å². The average Bonchev–Trinajstić information content (AvgIpc) is 2.97. The molecule has 2 aromatic rings. The van der Waals surface area contributed by atoms with E-state index in [0.29, 0.717) is 27.9 Å². The van der Waals surface area contributed by atoms with Gasteiger partial charge in [0.15, 0.2) is 0 Å². The van der Waals surface area contributed by atoms with Gasteiger partial charge in [-0.1, -0.05) is 24.0 Å². The second-order valence-corrected chi connectivity index (χ2v) is 8.01. The molecule has 1 aliphatic heterocycles. The Bertz CT molecular complexity index is 1280. The van der Waals surface area contributed by atoms with Crippen molar-refractivity contribution in [1.82, 2.24) is 10.2 Å². The molecule has 0 bridgehead atoms. The zero-order chi connectivity index (χ0) is 26.9. The summed E-state index contributed by atoms with van der Waals surface area (Å²) < 4.78 is 9.70. The summed E-state index contributed by atoms with van der Waals surface area (Å²) in [5.74, 6) is 4.88. The highest BCUT2D eigenvalue weighted by Crippen LogP contribution is 2.26. The number of carbonyl (C=O) groups is 4. The molecule has 1 aliphatic rings. The minimum atomic E-state index is -0.694. The van der Waals surface area contributed by atoms with Gasteiger partial charge in [-0.2, -0.15) is 0 Å². The predicted molar refractivity (Wildman–Crippen MR) is 136 cm³/mol. The number of amides is 3. The van der Waals surface area contributed by atoms with Crippen molar-refractivity contribution in [1.29, 1.82) is 5.41 Å². The van der Waals surface area contributed by atoms with E-state index in [1.165, 1.54) is 9.80 Å². The van der Waals surface area contributed by atoms with Gasteiger partial charge in [0, 0.05) is 30.3 Å². The van der Waals surface area contributed by atoms with E-state index in [-0.39, 0.29) is 50.4 Å². The zero-order valence-corrected chi connectivity index (χ0v) is 20.9. The van der Waals surface area contributed by atoms with E-state index in [9.17, 15) is 19.2 Å². The molecule has 192 valence electrons. The summed E-state index contributed by atoms with van der Waals surface area (Å²) in [6.45, 7) is 3.76. The molecule has 3 rings (SSSR count).